The van der Waals surface area contributed by atoms with Crippen LogP contribution < -0.4 is 73.6 Å². The molecule has 0 radical (unpaired) electrons. The molecule has 0 atom stereocenters. The Morgan fingerprint density at radius 2 is 1.86 bits per heavy atom. The second-order valence-electron chi connectivity index (χ2n) is 4.04. The van der Waals surface area contributed by atoms with Crippen LogP contribution in [0.15, 0.2) is 42.6 Å². The molecule has 0 aliphatic carbocycles. The van der Waals surface area contributed by atoms with E-state index >= 15 is 0 Å². The van der Waals surface area contributed by atoms with Gasteiger partial charge in [0, 0.05) is 23.6 Å². The van der Waals surface area contributed by atoms with Crippen LogP contribution in [0.5, 0.6) is 5.75 Å². The Labute approximate surface area is 167 Å². The van der Waals surface area contributed by atoms with Gasteiger partial charge in [0.05, 0.1) is 7.11 Å². The van der Waals surface area contributed by atoms with Gasteiger partial charge in [0.1, 0.15) is 5.75 Å². The average Bonchev–Trinajstić information content (AvgIpc) is 2.38. The molecule has 1 aromatic heterocycles. The van der Waals surface area contributed by atoms with Crippen molar-refractivity contribution >= 4 is 7.60 Å². The van der Waals surface area contributed by atoms with E-state index in [2.05, 4.69) is 4.98 Å². The minimum Gasteiger partial charge on any atom is -0.810 e. The van der Waals surface area contributed by atoms with Gasteiger partial charge in [0.2, 0.25) is 0 Å². The maximum Gasteiger partial charge on any atom is 1.00 e. The molecule has 5 nitrogen and oxygen atoms in total. The van der Waals surface area contributed by atoms with Gasteiger partial charge in [-0.25, -0.2) is 0 Å². The summed E-state index contributed by atoms with van der Waals surface area (Å²) in [6.45, 7) is 0. The van der Waals surface area contributed by atoms with Crippen molar-refractivity contribution in [3.05, 3.63) is 48.3 Å². The van der Waals surface area contributed by atoms with Gasteiger partial charge in [-0.15, -0.1) is 0 Å². The van der Waals surface area contributed by atoms with Crippen LogP contribution in [0.25, 0.3) is 11.1 Å². The van der Waals surface area contributed by atoms with Crippen LogP contribution in [0.3, 0.4) is 0 Å². The molecule has 100 valence electrons. The van der Waals surface area contributed by atoms with Crippen LogP contribution >= 0.6 is 7.60 Å². The molecule has 2 aromatic rings. The van der Waals surface area contributed by atoms with Crippen molar-refractivity contribution in [3.8, 4) is 16.9 Å². The molecule has 2 rings (SSSR count). The Kier molecular flexibility index (Phi) is 9.60. The number of hydrogen-bond donors (Lipinski definition) is 0. The zero-order valence-electron chi connectivity index (χ0n) is 12.3. The summed E-state index contributed by atoms with van der Waals surface area (Å²) in [5.74, 6) is 0.727. The first-order chi connectivity index (χ1) is 8.98. The number of methoxy groups -OCH3 is 1. The minimum atomic E-state index is -4.57. The number of pyridine rings is 1. The third-order valence-corrected chi connectivity index (χ3v) is 3.29. The number of hydrogen-bond acceptors (Lipinski definition) is 5. The number of benzene rings is 1. The maximum atomic E-state index is 10.7. The number of nitrogens with zero attached hydrogens (tertiary/aromatic N) is 1. The van der Waals surface area contributed by atoms with Crippen molar-refractivity contribution in [3.63, 3.8) is 0 Å². The van der Waals surface area contributed by atoms with Crippen LogP contribution in [-0.4, -0.2) is 12.1 Å². The Balaban J connectivity index is 0.00000200. The molecule has 0 aliphatic heterocycles. The number of rotatable bonds is 4. The summed E-state index contributed by atoms with van der Waals surface area (Å²) in [5, 5.41) is 0. The van der Waals surface area contributed by atoms with Crippen molar-refractivity contribution in [2.45, 2.75) is 6.16 Å². The van der Waals surface area contributed by atoms with Gasteiger partial charge in [0.25, 0.3) is 0 Å². The van der Waals surface area contributed by atoms with Gasteiger partial charge < -0.3 is 19.1 Å². The quantitative estimate of drug-likeness (QED) is 0.416. The molecule has 0 amide bonds. The molecule has 8 heteroatoms. The van der Waals surface area contributed by atoms with E-state index in [9.17, 15) is 14.4 Å². The average molecular weight is 323 g/mol. The van der Waals surface area contributed by atoms with E-state index in [0.717, 1.165) is 16.9 Å². The second-order valence-corrected chi connectivity index (χ2v) is 5.58. The van der Waals surface area contributed by atoms with Crippen molar-refractivity contribution in [1.82, 2.24) is 4.98 Å². The summed E-state index contributed by atoms with van der Waals surface area (Å²) in [5.41, 5.74) is 1.99. The van der Waals surface area contributed by atoms with Gasteiger partial charge in [-0.05, 0) is 23.8 Å². The first kappa shape index (κ1) is 21.3. The number of ether oxygens (including phenoxy) is 1. The molecule has 0 saturated heterocycles. The fraction of sp³-hybridized carbons (Fsp3) is 0.154. The summed E-state index contributed by atoms with van der Waals surface area (Å²) < 4.78 is 15.8. The molecule has 0 unspecified atom stereocenters. The molecular weight excluding hydrogens is 311 g/mol. The van der Waals surface area contributed by atoms with E-state index < -0.39 is 13.8 Å². The van der Waals surface area contributed by atoms with Crippen LogP contribution in [-0.2, 0) is 10.7 Å². The maximum absolute atomic E-state index is 10.7. The fourth-order valence-corrected chi connectivity index (χ4v) is 2.27. The SMILES string of the molecule is COc1cccc(-c2ccc(CP(=O)([O-])[O-])nc2)c1.[Na+].[Na+]. The molecule has 0 bridgehead atoms. The Hall–Kier alpha value is 0.320. The molecule has 0 fully saturated rings. The summed E-state index contributed by atoms with van der Waals surface area (Å²) in [6.07, 6.45) is 0.977. The Bertz CT molecular complexity index is 616. The van der Waals surface area contributed by atoms with Crippen LogP contribution in [0.2, 0.25) is 0 Å². The van der Waals surface area contributed by atoms with Gasteiger partial charge >= 0.3 is 59.1 Å². The predicted molar refractivity (Wildman–Crippen MR) is 67.5 cm³/mol. The van der Waals surface area contributed by atoms with E-state index in [0.29, 0.717) is 0 Å². The third kappa shape index (κ3) is 6.95. The molecule has 0 N–H and O–H groups in total. The Morgan fingerprint density at radius 1 is 1.14 bits per heavy atom. The van der Waals surface area contributed by atoms with Crippen molar-refractivity contribution < 1.29 is 78.2 Å². The smallest absolute Gasteiger partial charge is 0.810 e. The first-order valence-electron chi connectivity index (χ1n) is 5.58. The fourth-order valence-electron chi connectivity index (χ4n) is 1.69. The van der Waals surface area contributed by atoms with Crippen LogP contribution in [0.1, 0.15) is 5.69 Å². The topological polar surface area (TPSA) is 85.3 Å². The number of aromatic nitrogens is 1. The molecule has 0 saturated carbocycles. The van der Waals surface area contributed by atoms with Crippen molar-refractivity contribution in [2.75, 3.05) is 7.11 Å². The standard InChI is InChI=1S/C13H14NO4P.2Na/c1-18-13-4-2-3-10(7-13)11-5-6-12(14-8-11)9-19(15,16)17;;/h2-8H,9H2,1H3,(H2,15,16,17);;/q;2*+1/p-2. The van der Waals surface area contributed by atoms with Crippen LogP contribution in [0, 0.1) is 0 Å². The zero-order chi connectivity index (χ0) is 13.9. The van der Waals surface area contributed by atoms with E-state index in [1.807, 2.05) is 24.3 Å². The van der Waals surface area contributed by atoms with E-state index in [4.69, 9.17) is 4.74 Å². The zero-order valence-corrected chi connectivity index (χ0v) is 17.2. The van der Waals surface area contributed by atoms with E-state index in [-0.39, 0.29) is 64.8 Å². The molecule has 0 spiro atoms. The first-order valence-corrected chi connectivity index (χ1v) is 7.31. The minimum absolute atomic E-state index is 0. The van der Waals surface area contributed by atoms with Gasteiger partial charge in [0.15, 0.2) is 0 Å². The van der Waals surface area contributed by atoms with E-state index in [1.165, 1.54) is 6.07 Å². The monoisotopic (exact) mass is 323 g/mol. The summed E-state index contributed by atoms with van der Waals surface area (Å²) in [4.78, 5) is 25.3. The molecule has 0 aliphatic rings. The molecular formula is C13H12NNa2O4P. The summed E-state index contributed by atoms with van der Waals surface area (Å²) in [6, 6.07) is 10.7. The Morgan fingerprint density at radius 3 is 2.38 bits per heavy atom. The van der Waals surface area contributed by atoms with Crippen LogP contribution in [0.4, 0.5) is 0 Å². The van der Waals surface area contributed by atoms with Gasteiger partial charge in [-0.3, -0.25) is 4.98 Å². The third-order valence-electron chi connectivity index (χ3n) is 2.58. The molecule has 1 aromatic carbocycles. The largest absolute Gasteiger partial charge is 1.00 e. The van der Waals surface area contributed by atoms with Gasteiger partial charge in [-0.1, -0.05) is 25.8 Å². The van der Waals surface area contributed by atoms with Crippen molar-refractivity contribution in [1.29, 1.82) is 0 Å². The van der Waals surface area contributed by atoms with Gasteiger partial charge in [-0.2, -0.15) is 0 Å². The molecule has 1 heterocycles. The predicted octanol–water partition coefficient (Wildman–Crippen LogP) is -4.82. The van der Waals surface area contributed by atoms with Crippen molar-refractivity contribution in [2.24, 2.45) is 0 Å². The normalized spacial score (nSPS) is 10.2. The summed E-state index contributed by atoms with van der Waals surface area (Å²) >= 11 is 0. The molecule has 21 heavy (non-hydrogen) atoms. The second kappa shape index (κ2) is 9.46. The summed E-state index contributed by atoms with van der Waals surface area (Å²) in [7, 11) is -2.99. The van der Waals surface area contributed by atoms with E-state index in [1.54, 1.807) is 19.4 Å².